The molecule has 1 amide bonds. The molecular formula is C15H23N3O3. The number of rotatable bonds is 1. The maximum atomic E-state index is 12.1. The SMILES string of the molecule is CC(C)(C)OC(=O)N1CCCC(c2ccc(N)c(=O)[nH]2)C1. The highest BCUT2D eigenvalue weighted by atomic mass is 16.6. The molecule has 2 heterocycles. The fraction of sp³-hybridized carbons (Fsp3) is 0.600. The Kier molecular flexibility index (Phi) is 4.25. The molecule has 21 heavy (non-hydrogen) atoms. The molecule has 1 atom stereocenters. The van der Waals surface area contributed by atoms with Crippen molar-refractivity contribution in [3.05, 3.63) is 28.2 Å². The Labute approximate surface area is 124 Å². The lowest BCUT2D eigenvalue weighted by Crippen LogP contribution is -2.42. The lowest BCUT2D eigenvalue weighted by Gasteiger charge is -2.34. The van der Waals surface area contributed by atoms with E-state index in [2.05, 4.69) is 4.98 Å². The fourth-order valence-electron chi connectivity index (χ4n) is 2.46. The van der Waals surface area contributed by atoms with Crippen LogP contribution in [0.2, 0.25) is 0 Å². The highest BCUT2D eigenvalue weighted by Gasteiger charge is 2.28. The van der Waals surface area contributed by atoms with Gasteiger partial charge in [-0.15, -0.1) is 0 Å². The number of H-pyrrole nitrogens is 1. The van der Waals surface area contributed by atoms with E-state index in [0.29, 0.717) is 13.1 Å². The number of nitrogens with zero attached hydrogens (tertiary/aromatic N) is 1. The Morgan fingerprint density at radius 3 is 2.76 bits per heavy atom. The number of nitrogens with one attached hydrogen (secondary N) is 1. The second-order valence-corrected chi connectivity index (χ2v) is 6.46. The second kappa shape index (κ2) is 5.79. The molecule has 6 heteroatoms. The van der Waals surface area contributed by atoms with E-state index in [4.69, 9.17) is 10.5 Å². The van der Waals surface area contributed by atoms with Crippen LogP contribution >= 0.6 is 0 Å². The van der Waals surface area contributed by atoms with Crippen molar-refractivity contribution in [2.75, 3.05) is 18.8 Å². The van der Waals surface area contributed by atoms with Crippen molar-refractivity contribution in [2.45, 2.75) is 45.1 Å². The molecule has 2 rings (SSSR count). The Hall–Kier alpha value is -1.98. The first-order chi connectivity index (χ1) is 9.76. The van der Waals surface area contributed by atoms with Gasteiger partial charge in [0.15, 0.2) is 0 Å². The minimum Gasteiger partial charge on any atom is -0.444 e. The van der Waals surface area contributed by atoms with Crippen molar-refractivity contribution >= 4 is 11.8 Å². The predicted octanol–water partition coefficient (Wildman–Crippen LogP) is 2.07. The number of nitrogens with two attached hydrogens (primary N) is 1. The van der Waals surface area contributed by atoms with E-state index in [9.17, 15) is 9.59 Å². The third-order valence-electron chi connectivity index (χ3n) is 3.48. The molecule has 0 aliphatic carbocycles. The number of anilines is 1. The Morgan fingerprint density at radius 2 is 2.14 bits per heavy atom. The molecule has 0 saturated carbocycles. The number of aromatic nitrogens is 1. The maximum Gasteiger partial charge on any atom is 0.410 e. The summed E-state index contributed by atoms with van der Waals surface area (Å²) in [4.78, 5) is 28.2. The normalized spacial score (nSPS) is 19.4. The number of amides is 1. The van der Waals surface area contributed by atoms with Gasteiger partial charge in [-0.25, -0.2) is 4.79 Å². The Morgan fingerprint density at radius 1 is 1.43 bits per heavy atom. The molecule has 1 unspecified atom stereocenters. The molecule has 1 aliphatic heterocycles. The van der Waals surface area contributed by atoms with Crippen LogP contribution in [0, 0.1) is 0 Å². The largest absolute Gasteiger partial charge is 0.444 e. The van der Waals surface area contributed by atoms with Crippen molar-refractivity contribution in [2.24, 2.45) is 0 Å². The number of aromatic amines is 1. The number of piperidine rings is 1. The van der Waals surface area contributed by atoms with Crippen molar-refractivity contribution in [3.8, 4) is 0 Å². The van der Waals surface area contributed by atoms with Crippen molar-refractivity contribution in [3.63, 3.8) is 0 Å². The van der Waals surface area contributed by atoms with Gasteiger partial charge in [-0.1, -0.05) is 0 Å². The molecule has 0 aromatic carbocycles. The van der Waals surface area contributed by atoms with E-state index in [1.165, 1.54) is 0 Å². The molecule has 1 aromatic rings. The van der Waals surface area contributed by atoms with Gasteiger partial charge in [0.1, 0.15) is 5.60 Å². The number of carbonyl (C=O) groups is 1. The van der Waals surface area contributed by atoms with Gasteiger partial charge in [-0.05, 0) is 45.7 Å². The number of likely N-dealkylation sites (tertiary alicyclic amines) is 1. The van der Waals surface area contributed by atoms with Crippen LogP contribution in [0.15, 0.2) is 16.9 Å². The van der Waals surface area contributed by atoms with Crippen LogP contribution < -0.4 is 11.3 Å². The smallest absolute Gasteiger partial charge is 0.410 e. The molecule has 6 nitrogen and oxygen atoms in total. The predicted molar refractivity (Wildman–Crippen MR) is 81.3 cm³/mol. The Balaban J connectivity index is 2.08. The van der Waals surface area contributed by atoms with Crippen LogP contribution in [0.1, 0.15) is 45.2 Å². The number of nitrogen functional groups attached to an aromatic ring is 1. The van der Waals surface area contributed by atoms with Crippen LogP contribution in [-0.2, 0) is 4.74 Å². The van der Waals surface area contributed by atoms with Gasteiger partial charge >= 0.3 is 6.09 Å². The number of hydrogen-bond acceptors (Lipinski definition) is 4. The Bertz CT molecular complexity index is 574. The first-order valence-electron chi connectivity index (χ1n) is 7.23. The number of pyridine rings is 1. The van der Waals surface area contributed by atoms with Crippen molar-refractivity contribution in [1.82, 2.24) is 9.88 Å². The summed E-state index contributed by atoms with van der Waals surface area (Å²) in [5, 5.41) is 0. The summed E-state index contributed by atoms with van der Waals surface area (Å²) in [6.45, 7) is 6.79. The van der Waals surface area contributed by atoms with E-state index < -0.39 is 5.60 Å². The minimum atomic E-state index is -0.500. The summed E-state index contributed by atoms with van der Waals surface area (Å²) < 4.78 is 5.40. The van der Waals surface area contributed by atoms with Crippen LogP contribution in [0.4, 0.5) is 10.5 Å². The first kappa shape index (κ1) is 15.4. The molecule has 3 N–H and O–H groups in total. The van der Waals surface area contributed by atoms with Gasteiger partial charge < -0.3 is 20.4 Å². The summed E-state index contributed by atoms with van der Waals surface area (Å²) in [5.74, 6) is 0.111. The molecule has 1 aliphatic rings. The average Bonchev–Trinajstić information content (AvgIpc) is 2.40. The zero-order valence-electron chi connectivity index (χ0n) is 12.8. The van der Waals surface area contributed by atoms with Crippen molar-refractivity contribution < 1.29 is 9.53 Å². The molecule has 116 valence electrons. The highest BCUT2D eigenvalue weighted by Crippen LogP contribution is 2.26. The fourth-order valence-corrected chi connectivity index (χ4v) is 2.46. The number of ether oxygens (including phenoxy) is 1. The topological polar surface area (TPSA) is 88.4 Å². The number of hydrogen-bond donors (Lipinski definition) is 2. The lowest BCUT2D eigenvalue weighted by molar-refractivity contribution is 0.0197. The van der Waals surface area contributed by atoms with Crippen LogP contribution in [0.5, 0.6) is 0 Å². The molecule has 0 spiro atoms. The monoisotopic (exact) mass is 293 g/mol. The van der Waals surface area contributed by atoms with E-state index in [1.54, 1.807) is 11.0 Å². The second-order valence-electron chi connectivity index (χ2n) is 6.46. The van der Waals surface area contributed by atoms with E-state index >= 15 is 0 Å². The minimum absolute atomic E-state index is 0.111. The summed E-state index contributed by atoms with van der Waals surface area (Å²) in [6, 6.07) is 3.43. The van der Waals surface area contributed by atoms with Gasteiger partial charge in [0.25, 0.3) is 5.56 Å². The molecule has 1 saturated heterocycles. The van der Waals surface area contributed by atoms with Crippen molar-refractivity contribution in [1.29, 1.82) is 0 Å². The first-order valence-corrected chi connectivity index (χ1v) is 7.23. The maximum absolute atomic E-state index is 12.1. The van der Waals surface area contributed by atoms with Gasteiger partial charge in [0.05, 0.1) is 5.69 Å². The molecule has 1 aromatic heterocycles. The zero-order valence-corrected chi connectivity index (χ0v) is 12.8. The van der Waals surface area contributed by atoms with Crippen LogP contribution in [0.25, 0.3) is 0 Å². The summed E-state index contributed by atoms with van der Waals surface area (Å²) >= 11 is 0. The molecule has 1 fully saturated rings. The van der Waals surface area contributed by atoms with Gasteiger partial charge in [-0.2, -0.15) is 0 Å². The summed E-state index contributed by atoms with van der Waals surface area (Å²) in [6.07, 6.45) is 1.51. The van der Waals surface area contributed by atoms with E-state index in [0.717, 1.165) is 18.5 Å². The average molecular weight is 293 g/mol. The molecule has 0 radical (unpaired) electrons. The zero-order chi connectivity index (χ0) is 15.6. The van der Waals surface area contributed by atoms with Gasteiger partial charge in [0, 0.05) is 24.7 Å². The highest BCUT2D eigenvalue weighted by molar-refractivity contribution is 5.68. The molecule has 0 bridgehead atoms. The van der Waals surface area contributed by atoms with Crippen LogP contribution in [0.3, 0.4) is 0 Å². The lowest BCUT2D eigenvalue weighted by atomic mass is 9.94. The standard InChI is InChI=1S/C15H23N3O3/c1-15(2,3)21-14(20)18-8-4-5-10(9-18)12-7-6-11(16)13(19)17-12/h6-7,10H,4-5,8-9,16H2,1-3H3,(H,17,19). The summed E-state index contributed by atoms with van der Waals surface area (Å²) in [5.41, 5.74) is 5.79. The van der Waals surface area contributed by atoms with Gasteiger partial charge in [0.2, 0.25) is 0 Å². The molecular weight excluding hydrogens is 270 g/mol. The third kappa shape index (κ3) is 4.00. The van der Waals surface area contributed by atoms with Crippen LogP contribution in [-0.4, -0.2) is 34.7 Å². The summed E-state index contributed by atoms with van der Waals surface area (Å²) in [7, 11) is 0. The van der Waals surface area contributed by atoms with E-state index in [-0.39, 0.29) is 23.3 Å². The van der Waals surface area contributed by atoms with Gasteiger partial charge in [-0.3, -0.25) is 4.79 Å². The number of carbonyl (C=O) groups excluding carboxylic acids is 1. The third-order valence-corrected chi connectivity index (χ3v) is 3.48. The quantitative estimate of drug-likeness (QED) is 0.829. The van der Waals surface area contributed by atoms with E-state index in [1.807, 2.05) is 26.8 Å².